The molecule has 30 rings (SSSR count). The first-order valence-electron chi connectivity index (χ1n) is 30.1. The number of aliphatic hydroxyl groups is 23. The fraction of sp³-hybridized carbons (Fsp3) is 1.00. The van der Waals surface area contributed by atoms with Gasteiger partial charge in [-0.2, -0.15) is 8.42 Å². The SMILES string of the molecule is CN(C)C.O=S(=O)(O)OC[C@H]1O[C@@H]2O[C@H]3[C@H](O)[C@@H](O)[C@@H](O[C@H]4[C@H](O)[C@@H](O)[C@@H](O[C@H]5[C@H](O)[C@@H](O)[C@@H](O[C@H]6[C@H](O)[C@@H](O)[C@@H](O[C@H]7[C@H](O)[C@@H](O)[C@@H](O[C@H]8[C@H](O)[C@@H](O)[C@@H](O[C@H]9[C@H](O)[C@@H](O)[C@@H](O[C@H]1[C@H](O)[C@H]2O)O[C@@H]9CO)O[C@@H]8CO)O[C@@H]7CO)O[C@@H]6CO)O[C@@H]5CO)O[C@@H]4CO)O[C@@H]3CO. The molecule has 562 valence electrons. The van der Waals surface area contributed by atoms with Crippen LogP contribution in [0.5, 0.6) is 0 Å². The van der Waals surface area contributed by atoms with Gasteiger partial charge < -0.3 is 198 Å². The number of hydrogen-bond acceptors (Lipinski definition) is 43. The van der Waals surface area contributed by atoms with E-state index in [2.05, 4.69) is 4.18 Å². The zero-order valence-electron chi connectivity index (χ0n) is 51.1. The van der Waals surface area contributed by atoms with Crippen LogP contribution < -0.4 is 0 Å². The lowest BCUT2D eigenvalue weighted by Gasteiger charge is -2.50. The predicted molar refractivity (Wildman–Crippen MR) is 291 cm³/mol. The molecule has 0 aromatic carbocycles. The lowest BCUT2D eigenvalue weighted by atomic mass is 9.94. The Morgan fingerprint density at radius 1 is 0.250 bits per heavy atom. The molecular formula is C51H89NO43S. The van der Waals surface area contributed by atoms with E-state index in [1.165, 1.54) is 0 Å². The Morgan fingerprint density at radius 2 is 0.375 bits per heavy atom. The van der Waals surface area contributed by atoms with Gasteiger partial charge in [-0.15, -0.1) is 0 Å². The van der Waals surface area contributed by atoms with Crippen LogP contribution in [0.25, 0.3) is 0 Å². The lowest BCUT2D eigenvalue weighted by Crippen LogP contribution is -2.69. The normalized spacial score (nSPS) is 51.8. The smallest absolute Gasteiger partial charge is 0.394 e. The largest absolute Gasteiger partial charge is 0.397 e. The van der Waals surface area contributed by atoms with Crippen LogP contribution in [-0.4, -0.2) is 455 Å². The predicted octanol–water partition coefficient (Wildman–Crippen LogP) is -17.4. The van der Waals surface area contributed by atoms with Crippen LogP contribution in [0, 0.1) is 0 Å². The first-order valence-corrected chi connectivity index (χ1v) is 31.5. The minimum Gasteiger partial charge on any atom is -0.394 e. The topological polar surface area (TPSA) is 680 Å². The van der Waals surface area contributed by atoms with Gasteiger partial charge in [0.05, 0.1) is 52.9 Å². The molecule has 0 aromatic heterocycles. The molecule has 0 amide bonds. The van der Waals surface area contributed by atoms with Crippen LogP contribution in [0.3, 0.4) is 0 Å². The summed E-state index contributed by atoms with van der Waals surface area (Å²) >= 11 is 0. The van der Waals surface area contributed by atoms with Crippen LogP contribution in [-0.2, 0) is 90.4 Å². The van der Waals surface area contributed by atoms with Crippen molar-refractivity contribution in [1.82, 2.24) is 4.90 Å². The molecule has 0 radical (unpaired) electrons. The van der Waals surface area contributed by atoms with Gasteiger partial charge in [-0.3, -0.25) is 4.55 Å². The number of hydrogen-bond donors (Lipinski definition) is 24. The van der Waals surface area contributed by atoms with Gasteiger partial charge in [-0.05, 0) is 21.1 Å². The third kappa shape index (κ3) is 17.4. The Labute approximate surface area is 544 Å². The summed E-state index contributed by atoms with van der Waals surface area (Å²) in [6.45, 7) is -9.26. The Bertz CT molecular complexity index is 2450. The molecule has 0 saturated carbocycles. The second-order valence-electron chi connectivity index (χ2n) is 24.3. The average molecular weight is 1440 g/mol. The Morgan fingerprint density at radius 3 is 0.500 bits per heavy atom. The summed E-state index contributed by atoms with van der Waals surface area (Å²) in [7, 11) is 0.595. The second-order valence-corrected chi connectivity index (χ2v) is 25.4. The van der Waals surface area contributed by atoms with Crippen molar-refractivity contribution in [1.29, 1.82) is 0 Å². The van der Waals surface area contributed by atoms with Gasteiger partial charge in [0.25, 0.3) is 0 Å². The van der Waals surface area contributed by atoms with E-state index in [9.17, 15) is 130 Å². The van der Waals surface area contributed by atoms with Gasteiger partial charge >= 0.3 is 10.4 Å². The summed E-state index contributed by atoms with van der Waals surface area (Å²) in [6, 6.07) is 0. The van der Waals surface area contributed by atoms with Crippen LogP contribution in [0.1, 0.15) is 0 Å². The van der Waals surface area contributed by atoms with E-state index in [0.29, 0.717) is 0 Å². The van der Waals surface area contributed by atoms with E-state index in [1.807, 2.05) is 26.0 Å². The summed E-state index contributed by atoms with van der Waals surface area (Å²) in [4.78, 5) is 2.00. The molecule has 30 heterocycles. The maximum atomic E-state index is 11.8. The molecular weight excluding hydrogens is 1350 g/mol. The Kier molecular flexibility index (Phi) is 28.5. The number of rotatable bonds is 10. The van der Waals surface area contributed by atoms with Crippen LogP contribution in [0.2, 0.25) is 0 Å². The molecule has 30 aliphatic heterocycles. The molecule has 0 aliphatic carbocycles. The van der Waals surface area contributed by atoms with E-state index in [0.717, 1.165) is 0 Å². The first-order chi connectivity index (χ1) is 45.3. The molecule has 96 heavy (non-hydrogen) atoms. The Balaban J connectivity index is 0.00000286. The van der Waals surface area contributed by atoms with E-state index in [-0.39, 0.29) is 0 Å². The Hall–Kier alpha value is -1.73. The summed E-state index contributed by atoms with van der Waals surface area (Å²) in [5, 5.41) is 255. The maximum Gasteiger partial charge on any atom is 0.397 e. The van der Waals surface area contributed by atoms with E-state index >= 15 is 0 Å². The van der Waals surface area contributed by atoms with E-state index in [1.54, 1.807) is 0 Å². The molecule has 0 unspecified atom stereocenters. The standard InChI is InChI=1S/C48H80O43S.C3H9N/c49-1-9-33-17(56)25(64)41(76-9)85-34-10(2-50)78-43(27(66)19(34)58)87-36-12(4-52)80-45(29(68)21(36)60)89-38-14(6-54)82-47(31(70)23(38)62)91-40-16(8-75-92(72,73)74)83-48(32(71)24(40)63)90-39-15(7-55)81-46(30(69)22(39)61)88-37-13(5-53)79-44(28(67)20(37)59)86-35-11(3-51)77-42(84-33)26(65)18(35)57;1-4(2)3/h9-71H,1-8H2,(H,72,73,74);1-3H3/t9-,10-,11-,12-,13-,14-,15-,16-,17-,18-,19-,20-,21-,22-,23-,24-,25-,26-,27-,28-,29-,30-,31-,32-,33-,34-,35-,36-,37-,38-,39-,40-,41-,42-,43-,44-,45-,46-,47-,48-;/m1./s1. The van der Waals surface area contributed by atoms with Gasteiger partial charge in [0.15, 0.2) is 50.3 Å². The van der Waals surface area contributed by atoms with Crippen molar-refractivity contribution >= 4 is 10.4 Å². The van der Waals surface area contributed by atoms with Crippen molar-refractivity contribution in [2.45, 2.75) is 246 Å². The van der Waals surface area contributed by atoms with Crippen molar-refractivity contribution in [2.24, 2.45) is 0 Å². The summed E-state index contributed by atoms with van der Waals surface area (Å²) in [5.74, 6) is 0. The van der Waals surface area contributed by atoms with Gasteiger partial charge in [-0.25, -0.2) is 4.18 Å². The molecule has 0 aromatic rings. The van der Waals surface area contributed by atoms with E-state index in [4.69, 9.17) is 75.8 Å². The number of ether oxygens (including phenoxy) is 16. The molecule has 30 saturated heterocycles. The maximum absolute atomic E-state index is 11.8. The quantitative estimate of drug-likeness (QED) is 0.0903. The average Bonchev–Trinajstić information content (AvgIpc) is 0.781. The third-order valence-electron chi connectivity index (χ3n) is 17.1. The van der Waals surface area contributed by atoms with E-state index < -0.39 is 309 Å². The highest BCUT2D eigenvalue weighted by Gasteiger charge is 2.60. The summed E-state index contributed by atoms with van der Waals surface area (Å²) in [5.41, 5.74) is 0. The number of nitrogens with zero attached hydrogens (tertiary/aromatic N) is 1. The van der Waals surface area contributed by atoms with Crippen molar-refractivity contribution in [3.63, 3.8) is 0 Å². The highest BCUT2D eigenvalue weighted by molar-refractivity contribution is 7.80. The molecule has 30 aliphatic rings. The molecule has 16 bridgehead atoms. The van der Waals surface area contributed by atoms with Gasteiger partial charge in [0.2, 0.25) is 0 Å². The molecule has 40 atom stereocenters. The summed E-state index contributed by atoms with van der Waals surface area (Å²) < 4.78 is 128. The fourth-order valence-electron chi connectivity index (χ4n) is 12.0. The van der Waals surface area contributed by atoms with Crippen LogP contribution >= 0.6 is 0 Å². The van der Waals surface area contributed by atoms with Crippen LogP contribution in [0.4, 0.5) is 0 Å². The fourth-order valence-corrected chi connectivity index (χ4v) is 12.4. The minimum absolute atomic E-state index is 1.10. The zero-order valence-corrected chi connectivity index (χ0v) is 51.9. The number of aliphatic hydroxyl groups excluding tert-OH is 23. The molecule has 45 heteroatoms. The molecule has 44 nitrogen and oxygen atoms in total. The highest BCUT2D eigenvalue weighted by atomic mass is 32.3. The third-order valence-corrected chi connectivity index (χ3v) is 17.5. The molecule has 24 N–H and O–H groups in total. The second kappa shape index (κ2) is 34.2. The van der Waals surface area contributed by atoms with Gasteiger partial charge in [0.1, 0.15) is 195 Å². The highest BCUT2D eigenvalue weighted by Crippen LogP contribution is 2.40. The van der Waals surface area contributed by atoms with Gasteiger partial charge in [0, 0.05) is 0 Å². The van der Waals surface area contributed by atoms with Crippen molar-refractivity contribution < 1.29 is 210 Å². The monoisotopic (exact) mass is 1440 g/mol. The molecule has 0 spiro atoms. The zero-order chi connectivity index (χ0) is 70.8. The molecule has 30 fully saturated rings. The van der Waals surface area contributed by atoms with Crippen molar-refractivity contribution in [2.75, 3.05) is 74.0 Å². The summed E-state index contributed by atoms with van der Waals surface area (Å²) in [6.07, 6.45) is -85.3. The van der Waals surface area contributed by atoms with Crippen LogP contribution in [0.15, 0.2) is 0 Å². The van der Waals surface area contributed by atoms with Crippen molar-refractivity contribution in [3.8, 4) is 0 Å². The van der Waals surface area contributed by atoms with Gasteiger partial charge in [-0.1, -0.05) is 0 Å². The first kappa shape index (κ1) is 80.0. The van der Waals surface area contributed by atoms with Crippen molar-refractivity contribution in [3.05, 3.63) is 0 Å². The minimum atomic E-state index is -5.41. The lowest BCUT2D eigenvalue weighted by molar-refractivity contribution is -0.404.